The number of carbonyl (C=O) groups is 1. The number of rotatable bonds is 4. The van der Waals surface area contributed by atoms with Gasteiger partial charge in [-0.15, -0.1) is 0 Å². The van der Waals surface area contributed by atoms with E-state index in [1.807, 2.05) is 0 Å². The van der Waals surface area contributed by atoms with E-state index < -0.39 is 6.23 Å². The highest BCUT2D eigenvalue weighted by Gasteiger charge is 2.05. The third-order valence-corrected chi connectivity index (χ3v) is 0.990. The van der Waals surface area contributed by atoms with Crippen LogP contribution in [0.5, 0.6) is 0 Å². The standard InChI is InChI=1S/C5H9N3O2/c1-2-4(9)3-5(10)7-8-6/h5,10H,2-3H2,1H3. The van der Waals surface area contributed by atoms with Gasteiger partial charge in [0.05, 0.1) is 0 Å². The van der Waals surface area contributed by atoms with Crippen molar-refractivity contribution in [3.63, 3.8) is 0 Å². The molecule has 1 atom stereocenters. The van der Waals surface area contributed by atoms with E-state index in [0.717, 1.165) is 0 Å². The summed E-state index contributed by atoms with van der Waals surface area (Å²) in [6, 6.07) is 0. The molecule has 0 spiro atoms. The van der Waals surface area contributed by atoms with Gasteiger partial charge in [0.15, 0.2) is 0 Å². The van der Waals surface area contributed by atoms with Gasteiger partial charge in [-0.3, -0.25) is 4.79 Å². The molecule has 0 aromatic carbocycles. The average Bonchev–Trinajstić information content (AvgIpc) is 1.88. The molecule has 0 saturated heterocycles. The van der Waals surface area contributed by atoms with Crippen LogP contribution >= 0.6 is 0 Å². The second-order valence-electron chi connectivity index (χ2n) is 1.78. The van der Waals surface area contributed by atoms with Gasteiger partial charge in [-0.05, 0) is 5.53 Å². The molecule has 1 N–H and O–H groups in total. The second-order valence-corrected chi connectivity index (χ2v) is 1.78. The zero-order valence-corrected chi connectivity index (χ0v) is 5.69. The molecule has 0 aromatic heterocycles. The minimum atomic E-state index is -1.20. The van der Waals surface area contributed by atoms with Crippen molar-refractivity contribution >= 4 is 5.78 Å². The van der Waals surface area contributed by atoms with Crippen LogP contribution in [-0.4, -0.2) is 17.1 Å². The van der Waals surface area contributed by atoms with Gasteiger partial charge in [0.2, 0.25) is 0 Å². The summed E-state index contributed by atoms with van der Waals surface area (Å²) < 4.78 is 0. The predicted molar refractivity (Wildman–Crippen MR) is 35.1 cm³/mol. The summed E-state index contributed by atoms with van der Waals surface area (Å²) in [4.78, 5) is 12.9. The zero-order chi connectivity index (χ0) is 7.98. The smallest absolute Gasteiger partial charge is 0.139 e. The molecule has 56 valence electrons. The average molecular weight is 143 g/mol. The van der Waals surface area contributed by atoms with Gasteiger partial charge in [-0.25, -0.2) is 0 Å². The van der Waals surface area contributed by atoms with Crippen LogP contribution in [0.1, 0.15) is 19.8 Å². The molecule has 0 rings (SSSR count). The monoisotopic (exact) mass is 143 g/mol. The first-order valence-corrected chi connectivity index (χ1v) is 2.94. The van der Waals surface area contributed by atoms with E-state index in [2.05, 4.69) is 10.0 Å². The Hall–Kier alpha value is -1.06. The van der Waals surface area contributed by atoms with Crippen LogP contribution < -0.4 is 0 Å². The Morgan fingerprint density at radius 3 is 2.90 bits per heavy atom. The molecule has 0 aliphatic heterocycles. The first-order valence-electron chi connectivity index (χ1n) is 2.94. The molecular formula is C5H9N3O2. The molecule has 0 heterocycles. The molecule has 10 heavy (non-hydrogen) atoms. The van der Waals surface area contributed by atoms with E-state index in [1.54, 1.807) is 6.92 Å². The second kappa shape index (κ2) is 4.78. The minimum Gasteiger partial charge on any atom is -0.387 e. The Morgan fingerprint density at radius 1 is 1.90 bits per heavy atom. The normalized spacial score (nSPS) is 11.8. The minimum absolute atomic E-state index is 0.0828. The third-order valence-electron chi connectivity index (χ3n) is 0.990. The van der Waals surface area contributed by atoms with E-state index >= 15 is 0 Å². The Balaban J connectivity index is 3.67. The van der Waals surface area contributed by atoms with Crippen molar-refractivity contribution in [1.82, 2.24) is 0 Å². The van der Waals surface area contributed by atoms with Gasteiger partial charge in [0.1, 0.15) is 12.0 Å². The van der Waals surface area contributed by atoms with Crippen molar-refractivity contribution in [1.29, 1.82) is 0 Å². The van der Waals surface area contributed by atoms with Crippen LogP contribution in [0.25, 0.3) is 10.4 Å². The van der Waals surface area contributed by atoms with Crippen molar-refractivity contribution < 1.29 is 9.90 Å². The Bertz CT molecular complexity index is 162. The van der Waals surface area contributed by atoms with E-state index in [0.29, 0.717) is 6.42 Å². The summed E-state index contributed by atoms with van der Waals surface area (Å²) >= 11 is 0. The summed E-state index contributed by atoms with van der Waals surface area (Å²) in [7, 11) is 0. The number of Topliss-reactive ketones (excluding diaryl/α,β-unsaturated/α-hetero) is 1. The third kappa shape index (κ3) is 3.88. The van der Waals surface area contributed by atoms with Crippen molar-refractivity contribution in [3.8, 4) is 0 Å². The van der Waals surface area contributed by atoms with Crippen molar-refractivity contribution in [3.05, 3.63) is 10.4 Å². The van der Waals surface area contributed by atoms with Crippen LogP contribution in [0.4, 0.5) is 0 Å². The molecule has 0 fully saturated rings. The number of ketones is 1. The number of nitrogens with zero attached hydrogens (tertiary/aromatic N) is 3. The van der Waals surface area contributed by atoms with E-state index in [1.165, 1.54) is 0 Å². The lowest BCUT2D eigenvalue weighted by atomic mass is 10.2. The fourth-order valence-corrected chi connectivity index (χ4v) is 0.448. The molecule has 1 unspecified atom stereocenters. The van der Waals surface area contributed by atoms with Crippen LogP contribution in [0.3, 0.4) is 0 Å². The first kappa shape index (κ1) is 8.94. The number of carbonyl (C=O) groups excluding carboxylic acids is 1. The summed E-state index contributed by atoms with van der Waals surface area (Å²) in [5.74, 6) is -0.111. The number of hydrogen-bond donors (Lipinski definition) is 1. The summed E-state index contributed by atoms with van der Waals surface area (Å²) in [5, 5.41) is 11.6. The molecule has 5 heteroatoms. The van der Waals surface area contributed by atoms with Gasteiger partial charge in [0, 0.05) is 17.8 Å². The van der Waals surface area contributed by atoms with E-state index in [9.17, 15) is 4.79 Å². The molecule has 5 nitrogen and oxygen atoms in total. The predicted octanol–water partition coefficient (Wildman–Crippen LogP) is 0.984. The van der Waals surface area contributed by atoms with E-state index in [-0.39, 0.29) is 12.2 Å². The molecular weight excluding hydrogens is 134 g/mol. The fraction of sp³-hybridized carbons (Fsp3) is 0.800. The maximum absolute atomic E-state index is 10.6. The summed E-state index contributed by atoms with van der Waals surface area (Å²) in [6.45, 7) is 1.69. The molecule has 0 aliphatic rings. The Kier molecular flexibility index (Phi) is 4.28. The van der Waals surface area contributed by atoms with Crippen LogP contribution in [0.15, 0.2) is 5.11 Å². The Labute approximate surface area is 58.3 Å². The van der Waals surface area contributed by atoms with Gasteiger partial charge < -0.3 is 5.11 Å². The highest BCUT2D eigenvalue weighted by Crippen LogP contribution is 1.96. The lowest BCUT2D eigenvalue weighted by molar-refractivity contribution is -0.120. The molecule has 0 saturated carbocycles. The number of azide groups is 1. The number of aliphatic hydroxyl groups is 1. The quantitative estimate of drug-likeness (QED) is 0.361. The lowest BCUT2D eigenvalue weighted by Crippen LogP contribution is -2.08. The van der Waals surface area contributed by atoms with Gasteiger partial charge >= 0.3 is 0 Å². The fourth-order valence-electron chi connectivity index (χ4n) is 0.448. The maximum atomic E-state index is 10.6. The van der Waals surface area contributed by atoms with Crippen molar-refractivity contribution in [2.75, 3.05) is 0 Å². The van der Waals surface area contributed by atoms with Crippen LogP contribution in [0.2, 0.25) is 0 Å². The Morgan fingerprint density at radius 2 is 2.50 bits per heavy atom. The number of aliphatic hydroxyl groups excluding tert-OH is 1. The van der Waals surface area contributed by atoms with Crippen molar-refractivity contribution in [2.24, 2.45) is 5.11 Å². The van der Waals surface area contributed by atoms with Gasteiger partial charge in [-0.1, -0.05) is 12.0 Å². The topological polar surface area (TPSA) is 86.1 Å². The molecule has 0 aliphatic carbocycles. The lowest BCUT2D eigenvalue weighted by Gasteiger charge is -1.98. The molecule has 0 amide bonds. The molecule has 0 radical (unpaired) electrons. The number of hydrogen-bond acceptors (Lipinski definition) is 3. The van der Waals surface area contributed by atoms with Gasteiger partial charge in [-0.2, -0.15) is 0 Å². The van der Waals surface area contributed by atoms with E-state index in [4.69, 9.17) is 10.6 Å². The first-order chi connectivity index (χ1) is 4.70. The largest absolute Gasteiger partial charge is 0.387 e. The summed E-state index contributed by atoms with van der Waals surface area (Å²) in [5.41, 5.74) is 7.81. The molecule has 0 aromatic rings. The van der Waals surface area contributed by atoms with Crippen LogP contribution in [0, 0.1) is 0 Å². The highest BCUT2D eigenvalue weighted by molar-refractivity contribution is 5.78. The van der Waals surface area contributed by atoms with Crippen molar-refractivity contribution in [2.45, 2.75) is 26.0 Å². The highest BCUT2D eigenvalue weighted by atomic mass is 16.3. The summed E-state index contributed by atoms with van der Waals surface area (Å²) in [6.07, 6.45) is -0.920. The van der Waals surface area contributed by atoms with Crippen LogP contribution in [-0.2, 0) is 4.79 Å². The van der Waals surface area contributed by atoms with Gasteiger partial charge in [0.25, 0.3) is 0 Å². The SMILES string of the molecule is CCC(=O)CC(O)N=[N+]=[N-]. The molecule has 0 bridgehead atoms. The zero-order valence-electron chi connectivity index (χ0n) is 5.69. The maximum Gasteiger partial charge on any atom is 0.139 e.